The summed E-state index contributed by atoms with van der Waals surface area (Å²) in [5.74, 6) is 0. The molecule has 0 amide bonds. The smallest absolute Gasteiger partial charge is 0.0448 e. The zero-order valence-corrected chi connectivity index (χ0v) is 30.8. The van der Waals surface area contributed by atoms with Crippen molar-refractivity contribution in [3.63, 3.8) is 0 Å². The van der Waals surface area contributed by atoms with E-state index in [0.717, 1.165) is 0 Å². The van der Waals surface area contributed by atoms with Crippen LogP contribution in [0.2, 0.25) is 0 Å². The Balaban J connectivity index is 0.995. The molecule has 0 spiro atoms. The predicted molar refractivity (Wildman–Crippen MR) is 239 cm³/mol. The highest BCUT2D eigenvalue weighted by molar-refractivity contribution is 7.30. The molecule has 54 heavy (non-hydrogen) atoms. The number of fused-ring (bicyclic) bond motifs is 12. The van der Waals surface area contributed by atoms with Gasteiger partial charge in [0.15, 0.2) is 0 Å². The molecule has 0 atom stereocenters. The molecule has 12 rings (SSSR count). The molecule has 2 heterocycles. The van der Waals surface area contributed by atoms with Gasteiger partial charge in [0.1, 0.15) is 0 Å². The molecule has 0 aliphatic heterocycles. The molecule has 0 saturated heterocycles. The molecular formula is C52H30S2. The summed E-state index contributed by atoms with van der Waals surface area (Å²) in [5, 5.41) is 15.8. The third-order valence-corrected chi connectivity index (χ3v) is 13.7. The van der Waals surface area contributed by atoms with Crippen molar-refractivity contribution in [2.45, 2.75) is 0 Å². The van der Waals surface area contributed by atoms with Crippen molar-refractivity contribution in [1.82, 2.24) is 0 Å². The molecular weight excluding hydrogens is 689 g/mol. The number of rotatable bonds is 3. The lowest BCUT2D eigenvalue weighted by atomic mass is 9.85. The van der Waals surface area contributed by atoms with E-state index in [9.17, 15) is 0 Å². The standard InChI is InChI=1S/C52H30S2/c1-2-11-32(12-3-1)48-39-14-6-8-16-41(39)49(42-17-9-7-15-40(42)48)37-21-20-33-28-34(18-19-35(33)29-37)36-23-25-45-44(30-36)43-24-27-47-51(52(43)54-45)50-38-13-5-4-10-31(38)22-26-46(50)53-47/h1-30H. The van der Waals surface area contributed by atoms with Crippen molar-refractivity contribution in [3.05, 3.63) is 182 Å². The monoisotopic (exact) mass is 718 g/mol. The molecule has 0 fully saturated rings. The third kappa shape index (κ3) is 4.42. The van der Waals surface area contributed by atoms with Gasteiger partial charge in [0.05, 0.1) is 0 Å². The van der Waals surface area contributed by atoms with Gasteiger partial charge in [0.25, 0.3) is 0 Å². The van der Waals surface area contributed by atoms with Crippen molar-refractivity contribution < 1.29 is 0 Å². The lowest BCUT2D eigenvalue weighted by Gasteiger charge is -2.18. The Labute approximate surface area is 319 Å². The molecule has 0 nitrogen and oxygen atoms in total. The van der Waals surface area contributed by atoms with Gasteiger partial charge in [-0.1, -0.05) is 146 Å². The van der Waals surface area contributed by atoms with Crippen LogP contribution >= 0.6 is 22.7 Å². The van der Waals surface area contributed by atoms with Crippen LogP contribution in [0.1, 0.15) is 0 Å². The first-order valence-corrected chi connectivity index (χ1v) is 20.1. The largest absolute Gasteiger partial charge is 0.135 e. The van der Waals surface area contributed by atoms with Crippen LogP contribution in [0, 0.1) is 0 Å². The van der Waals surface area contributed by atoms with Gasteiger partial charge < -0.3 is 0 Å². The maximum absolute atomic E-state index is 2.41. The molecule has 2 heteroatoms. The van der Waals surface area contributed by atoms with E-state index in [1.54, 1.807) is 0 Å². The Bertz CT molecular complexity index is 3430. The highest BCUT2D eigenvalue weighted by Crippen LogP contribution is 2.48. The van der Waals surface area contributed by atoms with Crippen molar-refractivity contribution in [2.24, 2.45) is 0 Å². The number of thiophene rings is 2. The summed E-state index contributed by atoms with van der Waals surface area (Å²) in [7, 11) is 0. The SMILES string of the molecule is c1ccc(-c2c3ccccc3c(-c3ccc4cc(-c5ccc6sc7c(ccc8sc9ccc%10ccccc%10c9c87)c6c5)ccc4c3)c3ccccc23)cc1. The molecule has 2 aromatic heterocycles. The van der Waals surface area contributed by atoms with Crippen molar-refractivity contribution in [1.29, 1.82) is 0 Å². The maximum Gasteiger partial charge on any atom is 0.0448 e. The van der Waals surface area contributed by atoms with E-state index < -0.39 is 0 Å². The van der Waals surface area contributed by atoms with E-state index in [0.29, 0.717) is 0 Å². The highest BCUT2D eigenvalue weighted by Gasteiger charge is 2.18. The lowest BCUT2D eigenvalue weighted by Crippen LogP contribution is -1.90. The minimum Gasteiger partial charge on any atom is -0.135 e. The second kappa shape index (κ2) is 11.6. The van der Waals surface area contributed by atoms with Crippen LogP contribution in [0.4, 0.5) is 0 Å². The average molecular weight is 719 g/mol. The minimum atomic E-state index is 1.24. The number of hydrogen-bond donors (Lipinski definition) is 0. The van der Waals surface area contributed by atoms with E-state index in [1.807, 2.05) is 22.7 Å². The highest BCUT2D eigenvalue weighted by atomic mass is 32.1. The lowest BCUT2D eigenvalue weighted by molar-refractivity contribution is 1.66. The molecule has 0 unspecified atom stereocenters. The van der Waals surface area contributed by atoms with Gasteiger partial charge in [-0.05, 0) is 113 Å². The summed E-state index contributed by atoms with van der Waals surface area (Å²) in [6.07, 6.45) is 0. The Morgan fingerprint density at radius 1 is 0.259 bits per heavy atom. The van der Waals surface area contributed by atoms with Crippen molar-refractivity contribution in [2.75, 3.05) is 0 Å². The summed E-state index contributed by atoms with van der Waals surface area (Å²) in [4.78, 5) is 0. The van der Waals surface area contributed by atoms with Gasteiger partial charge in [-0.3, -0.25) is 0 Å². The van der Waals surface area contributed by atoms with Gasteiger partial charge in [0, 0.05) is 40.3 Å². The van der Waals surface area contributed by atoms with Gasteiger partial charge >= 0.3 is 0 Å². The van der Waals surface area contributed by atoms with Gasteiger partial charge in [-0.25, -0.2) is 0 Å². The second-order valence-electron chi connectivity index (χ2n) is 14.4. The summed E-state index contributed by atoms with van der Waals surface area (Å²) < 4.78 is 5.45. The van der Waals surface area contributed by atoms with E-state index in [4.69, 9.17) is 0 Å². The summed E-state index contributed by atoms with van der Waals surface area (Å²) in [6.45, 7) is 0. The minimum absolute atomic E-state index is 1.24. The summed E-state index contributed by atoms with van der Waals surface area (Å²) >= 11 is 3.84. The fourth-order valence-corrected chi connectivity index (χ4v) is 11.4. The first kappa shape index (κ1) is 30.2. The molecule has 0 saturated carbocycles. The van der Waals surface area contributed by atoms with Crippen LogP contribution in [-0.2, 0) is 0 Å². The van der Waals surface area contributed by atoms with E-state index >= 15 is 0 Å². The van der Waals surface area contributed by atoms with E-state index in [-0.39, 0.29) is 0 Å². The molecule has 12 aromatic rings. The zero-order chi connectivity index (χ0) is 35.3. The molecule has 0 N–H and O–H groups in total. The topological polar surface area (TPSA) is 0 Å². The Morgan fingerprint density at radius 2 is 0.778 bits per heavy atom. The van der Waals surface area contributed by atoms with Crippen LogP contribution in [0.15, 0.2) is 182 Å². The van der Waals surface area contributed by atoms with Crippen LogP contribution in [-0.4, -0.2) is 0 Å². The third-order valence-electron chi connectivity index (χ3n) is 11.4. The fourth-order valence-electron chi connectivity index (χ4n) is 8.97. The van der Waals surface area contributed by atoms with Crippen LogP contribution < -0.4 is 0 Å². The summed E-state index contributed by atoms with van der Waals surface area (Å²) in [5.41, 5.74) is 7.58. The van der Waals surface area contributed by atoms with E-state index in [2.05, 4.69) is 182 Å². The van der Waals surface area contributed by atoms with Gasteiger partial charge in [-0.15, -0.1) is 22.7 Å². The first-order chi connectivity index (χ1) is 26.8. The molecule has 0 aliphatic rings. The first-order valence-electron chi connectivity index (χ1n) is 18.5. The van der Waals surface area contributed by atoms with Gasteiger partial charge in [0.2, 0.25) is 0 Å². The molecule has 0 radical (unpaired) electrons. The summed E-state index contributed by atoms with van der Waals surface area (Å²) in [6, 6.07) is 67.7. The predicted octanol–water partition coefficient (Wildman–Crippen LogP) is 16.0. The quantitative estimate of drug-likeness (QED) is 0.160. The van der Waals surface area contributed by atoms with Crippen LogP contribution in [0.3, 0.4) is 0 Å². The normalized spacial score (nSPS) is 12.1. The molecule has 10 aromatic carbocycles. The fraction of sp³-hybridized carbons (Fsp3) is 0. The van der Waals surface area contributed by atoms with E-state index in [1.165, 1.54) is 117 Å². The van der Waals surface area contributed by atoms with Crippen LogP contribution in [0.25, 0.3) is 117 Å². The Hall–Kier alpha value is -6.32. The number of benzene rings is 10. The van der Waals surface area contributed by atoms with Crippen molar-refractivity contribution in [3.8, 4) is 33.4 Å². The average Bonchev–Trinajstić information content (AvgIpc) is 3.81. The molecule has 250 valence electrons. The maximum atomic E-state index is 2.41. The molecule has 0 bridgehead atoms. The van der Waals surface area contributed by atoms with Crippen LogP contribution in [0.5, 0.6) is 0 Å². The molecule has 0 aliphatic carbocycles. The number of hydrogen-bond acceptors (Lipinski definition) is 2. The zero-order valence-electron chi connectivity index (χ0n) is 29.1. The van der Waals surface area contributed by atoms with Gasteiger partial charge in [-0.2, -0.15) is 0 Å². The van der Waals surface area contributed by atoms with Crippen molar-refractivity contribution >= 4 is 106 Å². The Kier molecular flexibility index (Phi) is 6.48. The second-order valence-corrected chi connectivity index (χ2v) is 16.5. The Morgan fingerprint density at radius 3 is 1.52 bits per heavy atom.